The highest BCUT2D eigenvalue weighted by Crippen LogP contribution is 2.45. The van der Waals surface area contributed by atoms with Gasteiger partial charge in [-0.15, -0.1) is 0 Å². The molecule has 1 aliphatic rings. The van der Waals surface area contributed by atoms with Gasteiger partial charge < -0.3 is 4.90 Å². The molecule has 2 heteroatoms. The van der Waals surface area contributed by atoms with Gasteiger partial charge >= 0.3 is 0 Å². The molecule has 1 aromatic rings. The first-order chi connectivity index (χ1) is 8.15. The molecule has 17 heavy (non-hydrogen) atoms. The Kier molecular flexibility index (Phi) is 3.23. The molecule has 1 fully saturated rings. The number of nitrogens with zero attached hydrogens (tertiary/aromatic N) is 1. The van der Waals surface area contributed by atoms with Crippen LogP contribution in [0.2, 0.25) is 0 Å². The van der Waals surface area contributed by atoms with Gasteiger partial charge in [0.15, 0.2) is 0 Å². The van der Waals surface area contributed by atoms with Crippen molar-refractivity contribution in [1.29, 1.82) is 0 Å². The van der Waals surface area contributed by atoms with Crippen molar-refractivity contribution in [2.24, 2.45) is 0 Å². The third kappa shape index (κ3) is 1.76. The third-order valence-corrected chi connectivity index (χ3v) is 4.33. The number of β-lactam (4-membered cyclic amide) rings is 1. The predicted molar refractivity (Wildman–Crippen MR) is 69.9 cm³/mol. The molecule has 1 unspecified atom stereocenters. The first-order valence-corrected chi connectivity index (χ1v) is 6.51. The summed E-state index contributed by atoms with van der Waals surface area (Å²) in [5, 5.41) is 0. The molecule has 0 aliphatic carbocycles. The normalized spacial score (nSPS) is 25.6. The summed E-state index contributed by atoms with van der Waals surface area (Å²) in [5.74, 6) is 0.712. The Morgan fingerprint density at radius 3 is 2.41 bits per heavy atom. The summed E-state index contributed by atoms with van der Waals surface area (Å²) >= 11 is 0. The largest absolute Gasteiger partial charge is 0.336 e. The topological polar surface area (TPSA) is 20.3 Å². The average molecular weight is 231 g/mol. The van der Waals surface area contributed by atoms with E-state index in [1.165, 1.54) is 5.56 Å². The number of carbonyl (C=O) groups excluding carboxylic acids is 1. The molecule has 2 atom stereocenters. The van der Waals surface area contributed by atoms with E-state index in [2.05, 4.69) is 45.0 Å². The molecular formula is C15H21NO. The zero-order valence-corrected chi connectivity index (χ0v) is 10.9. The lowest BCUT2D eigenvalue weighted by atomic mass is 9.69. The molecule has 92 valence electrons. The summed E-state index contributed by atoms with van der Waals surface area (Å²) in [6, 6.07) is 10.5. The zero-order chi connectivity index (χ0) is 12.5. The fraction of sp³-hybridized carbons (Fsp3) is 0.533. The minimum absolute atomic E-state index is 0.0488. The fourth-order valence-corrected chi connectivity index (χ4v) is 3.16. The van der Waals surface area contributed by atoms with Gasteiger partial charge in [-0.3, -0.25) is 4.79 Å². The summed E-state index contributed by atoms with van der Waals surface area (Å²) in [6.45, 7) is 7.32. The Bertz CT molecular complexity index is 401. The summed E-state index contributed by atoms with van der Waals surface area (Å²) < 4.78 is 0. The molecule has 0 spiro atoms. The quantitative estimate of drug-likeness (QED) is 0.729. The number of carbonyl (C=O) groups is 1. The molecule has 0 bridgehead atoms. The third-order valence-electron chi connectivity index (χ3n) is 4.33. The van der Waals surface area contributed by atoms with Crippen LogP contribution in [0.1, 0.15) is 45.1 Å². The van der Waals surface area contributed by atoms with E-state index < -0.39 is 0 Å². The van der Waals surface area contributed by atoms with Crippen LogP contribution >= 0.6 is 0 Å². The number of rotatable bonds is 4. The molecule has 1 aliphatic heterocycles. The highest BCUT2D eigenvalue weighted by Gasteiger charge is 2.52. The molecule has 0 aromatic heterocycles. The van der Waals surface area contributed by atoms with Crippen molar-refractivity contribution >= 4 is 5.91 Å². The predicted octanol–water partition coefficient (Wildman–Crippen LogP) is 3.19. The Hall–Kier alpha value is -1.31. The highest BCUT2D eigenvalue weighted by molar-refractivity contribution is 5.85. The van der Waals surface area contributed by atoms with Crippen LogP contribution in [0.5, 0.6) is 0 Å². The summed E-state index contributed by atoms with van der Waals surface area (Å²) in [5.41, 5.74) is 1.38. The average Bonchev–Trinajstić information content (AvgIpc) is 2.36. The van der Waals surface area contributed by atoms with Gasteiger partial charge in [0.1, 0.15) is 0 Å². The van der Waals surface area contributed by atoms with Crippen molar-refractivity contribution in [3.63, 3.8) is 0 Å². The van der Waals surface area contributed by atoms with Crippen LogP contribution in [0.3, 0.4) is 0 Å². The van der Waals surface area contributed by atoms with Crippen molar-refractivity contribution in [3.8, 4) is 0 Å². The molecule has 0 saturated carbocycles. The summed E-state index contributed by atoms with van der Waals surface area (Å²) in [7, 11) is 0. The molecule has 2 rings (SSSR count). The molecule has 1 aromatic carbocycles. The maximum absolute atomic E-state index is 11.7. The first-order valence-electron chi connectivity index (χ1n) is 6.51. The first kappa shape index (κ1) is 12.2. The van der Waals surface area contributed by atoms with Gasteiger partial charge in [-0.1, -0.05) is 44.2 Å². The van der Waals surface area contributed by atoms with Gasteiger partial charge in [0, 0.05) is 12.5 Å². The van der Waals surface area contributed by atoms with Crippen LogP contribution in [0.4, 0.5) is 0 Å². The Morgan fingerprint density at radius 1 is 1.29 bits per heavy atom. The SMILES string of the molecule is CCN1C(=O)C[C@]1(CC)C(C)c1ccccc1. The van der Waals surface area contributed by atoms with Gasteiger partial charge in [0.2, 0.25) is 5.91 Å². The van der Waals surface area contributed by atoms with E-state index in [0.717, 1.165) is 13.0 Å². The van der Waals surface area contributed by atoms with Crippen molar-refractivity contribution < 1.29 is 4.79 Å². The van der Waals surface area contributed by atoms with E-state index >= 15 is 0 Å². The highest BCUT2D eigenvalue weighted by atomic mass is 16.2. The lowest BCUT2D eigenvalue weighted by molar-refractivity contribution is -0.159. The van der Waals surface area contributed by atoms with Gasteiger partial charge in [-0.25, -0.2) is 0 Å². The Morgan fingerprint density at radius 2 is 1.94 bits per heavy atom. The maximum Gasteiger partial charge on any atom is 0.225 e. The molecule has 1 heterocycles. The van der Waals surface area contributed by atoms with E-state index in [9.17, 15) is 4.79 Å². The van der Waals surface area contributed by atoms with Crippen molar-refractivity contribution in [1.82, 2.24) is 4.90 Å². The van der Waals surface area contributed by atoms with E-state index in [1.54, 1.807) is 0 Å². The Labute approximate surface area is 104 Å². The minimum atomic E-state index is 0.0488. The maximum atomic E-state index is 11.7. The van der Waals surface area contributed by atoms with Crippen molar-refractivity contribution in [2.75, 3.05) is 6.54 Å². The molecule has 1 amide bonds. The van der Waals surface area contributed by atoms with Crippen LogP contribution in [-0.4, -0.2) is 22.9 Å². The van der Waals surface area contributed by atoms with Crippen LogP contribution in [0, 0.1) is 0 Å². The fourth-order valence-electron chi connectivity index (χ4n) is 3.16. The lowest BCUT2D eigenvalue weighted by Gasteiger charge is -2.55. The van der Waals surface area contributed by atoms with Gasteiger partial charge in [-0.2, -0.15) is 0 Å². The smallest absolute Gasteiger partial charge is 0.225 e. The molecule has 0 radical (unpaired) electrons. The minimum Gasteiger partial charge on any atom is -0.336 e. The molecular weight excluding hydrogens is 210 g/mol. The second kappa shape index (κ2) is 4.52. The number of likely N-dealkylation sites (N-methyl/N-ethyl adjacent to an activating group) is 1. The molecule has 0 N–H and O–H groups in total. The summed E-state index contributed by atoms with van der Waals surface area (Å²) in [6.07, 6.45) is 1.73. The van der Waals surface area contributed by atoms with Crippen molar-refractivity contribution in [3.05, 3.63) is 35.9 Å². The zero-order valence-electron chi connectivity index (χ0n) is 10.9. The van der Waals surface area contributed by atoms with Crippen LogP contribution in [0.25, 0.3) is 0 Å². The monoisotopic (exact) mass is 231 g/mol. The van der Waals surface area contributed by atoms with Gasteiger partial charge in [-0.05, 0) is 18.9 Å². The number of amides is 1. The van der Waals surface area contributed by atoms with Crippen molar-refractivity contribution in [2.45, 2.75) is 45.1 Å². The van der Waals surface area contributed by atoms with Gasteiger partial charge in [0.25, 0.3) is 0 Å². The van der Waals surface area contributed by atoms with E-state index in [4.69, 9.17) is 0 Å². The van der Waals surface area contributed by atoms with Crippen LogP contribution in [0.15, 0.2) is 30.3 Å². The second-order valence-corrected chi connectivity index (χ2v) is 4.90. The van der Waals surface area contributed by atoms with E-state index in [0.29, 0.717) is 18.2 Å². The van der Waals surface area contributed by atoms with E-state index in [-0.39, 0.29) is 5.54 Å². The number of benzene rings is 1. The summed E-state index contributed by atoms with van der Waals surface area (Å²) in [4.78, 5) is 13.7. The van der Waals surface area contributed by atoms with Gasteiger partial charge in [0.05, 0.1) is 12.0 Å². The number of likely N-dealkylation sites (tertiary alicyclic amines) is 1. The lowest BCUT2D eigenvalue weighted by Crippen LogP contribution is -2.65. The molecule has 1 saturated heterocycles. The van der Waals surface area contributed by atoms with Crippen LogP contribution in [-0.2, 0) is 4.79 Å². The van der Waals surface area contributed by atoms with E-state index in [1.807, 2.05) is 11.0 Å². The molecule has 2 nitrogen and oxygen atoms in total. The second-order valence-electron chi connectivity index (χ2n) is 4.90. The standard InChI is InChI=1S/C15H21NO/c1-4-15(11-14(17)16(15)5-2)12(3)13-9-7-6-8-10-13/h6-10,12H,4-5,11H2,1-3H3/t12?,15-/m1/s1. The number of hydrogen-bond acceptors (Lipinski definition) is 1. The Balaban J connectivity index is 2.28. The van der Waals surface area contributed by atoms with Crippen LogP contribution < -0.4 is 0 Å². The number of hydrogen-bond donors (Lipinski definition) is 0.